The molecule has 3 rings (SSSR count). The summed E-state index contributed by atoms with van der Waals surface area (Å²) in [5.41, 5.74) is 0.409. The molecule has 178 valence electrons. The molecule has 2 amide bonds. The lowest BCUT2D eigenvalue weighted by molar-refractivity contribution is -0.129. The van der Waals surface area contributed by atoms with Gasteiger partial charge in [0.25, 0.3) is 5.91 Å². The molecule has 1 N–H and O–H groups in total. The second-order valence-electron chi connectivity index (χ2n) is 7.97. The van der Waals surface area contributed by atoms with E-state index in [1.54, 1.807) is 29.2 Å². The molecule has 0 aliphatic carbocycles. The number of nitrogens with one attached hydrogen (secondary N) is 1. The smallest absolute Gasteiger partial charge is 0.251 e. The number of sulfonamides is 1. The fraction of sp³-hybridized carbons (Fsp3) is 0.391. The Hall–Kier alpha value is -2.98. The van der Waals surface area contributed by atoms with Gasteiger partial charge in [0.05, 0.1) is 17.5 Å². The van der Waals surface area contributed by atoms with Crippen LogP contribution in [-0.4, -0.2) is 68.3 Å². The van der Waals surface area contributed by atoms with Gasteiger partial charge in [0, 0.05) is 31.7 Å². The van der Waals surface area contributed by atoms with Crippen molar-refractivity contribution in [3.05, 3.63) is 59.9 Å². The maximum absolute atomic E-state index is 13.1. The van der Waals surface area contributed by atoms with Gasteiger partial charge < -0.3 is 15.0 Å². The molecule has 1 aliphatic heterocycles. The number of amides is 2. The average Bonchev–Trinajstić information content (AvgIpc) is 3.05. The third-order valence-corrected chi connectivity index (χ3v) is 7.06. The molecule has 0 aromatic heterocycles. The highest BCUT2D eigenvalue weighted by Gasteiger charge is 2.28. The fourth-order valence-corrected chi connectivity index (χ4v) is 4.94. The minimum atomic E-state index is -3.78. The van der Waals surface area contributed by atoms with E-state index in [0.717, 1.165) is 12.1 Å². The van der Waals surface area contributed by atoms with Crippen molar-refractivity contribution in [3.63, 3.8) is 0 Å². The number of halogens is 1. The summed E-state index contributed by atoms with van der Waals surface area (Å²) in [4.78, 5) is 26.5. The molecule has 10 heteroatoms. The average molecular weight is 478 g/mol. The zero-order chi connectivity index (χ0) is 24.0. The van der Waals surface area contributed by atoms with Gasteiger partial charge in [0.2, 0.25) is 15.9 Å². The van der Waals surface area contributed by atoms with Gasteiger partial charge in [-0.05, 0) is 68.8 Å². The van der Waals surface area contributed by atoms with E-state index in [2.05, 4.69) is 5.32 Å². The van der Waals surface area contributed by atoms with Crippen LogP contribution in [0, 0.1) is 5.82 Å². The summed E-state index contributed by atoms with van der Waals surface area (Å²) in [6, 6.07) is 11.3. The van der Waals surface area contributed by atoms with E-state index in [9.17, 15) is 22.4 Å². The topological polar surface area (TPSA) is 96.0 Å². The lowest BCUT2D eigenvalue weighted by Gasteiger charge is -2.22. The van der Waals surface area contributed by atoms with Crippen molar-refractivity contribution in [2.75, 3.05) is 32.7 Å². The number of carbonyl (C=O) groups excluding carboxylic acids is 2. The quantitative estimate of drug-likeness (QED) is 0.660. The third-order valence-electron chi connectivity index (χ3n) is 5.15. The van der Waals surface area contributed by atoms with E-state index in [0.29, 0.717) is 24.3 Å². The predicted octanol–water partition coefficient (Wildman–Crippen LogP) is 2.27. The number of benzene rings is 2. The van der Waals surface area contributed by atoms with Gasteiger partial charge in [-0.15, -0.1) is 0 Å². The van der Waals surface area contributed by atoms with Crippen molar-refractivity contribution < 1.29 is 27.1 Å². The van der Waals surface area contributed by atoms with E-state index >= 15 is 0 Å². The van der Waals surface area contributed by atoms with Crippen LogP contribution in [0.5, 0.6) is 5.75 Å². The number of hydrogen-bond acceptors (Lipinski definition) is 5. The number of rotatable bonds is 7. The van der Waals surface area contributed by atoms with Crippen LogP contribution in [0.15, 0.2) is 53.4 Å². The second kappa shape index (κ2) is 10.8. The largest absolute Gasteiger partial charge is 0.491 e. The van der Waals surface area contributed by atoms with Crippen LogP contribution in [-0.2, 0) is 14.8 Å². The van der Waals surface area contributed by atoms with Gasteiger partial charge in [0.15, 0.2) is 0 Å². The molecule has 1 saturated heterocycles. The van der Waals surface area contributed by atoms with Crippen LogP contribution in [0.1, 0.15) is 30.6 Å². The Balaban J connectivity index is 1.53. The zero-order valence-corrected chi connectivity index (χ0v) is 19.5. The SMILES string of the molecule is CC(C)Oc1ccc(C(=O)NCC(=O)N2CCCN(S(=O)(=O)c3ccc(F)cc3)CC2)cc1. The number of ether oxygens (including phenoxy) is 1. The van der Waals surface area contributed by atoms with Crippen LogP contribution in [0.25, 0.3) is 0 Å². The first-order valence-corrected chi connectivity index (χ1v) is 12.2. The lowest BCUT2D eigenvalue weighted by atomic mass is 10.2. The van der Waals surface area contributed by atoms with E-state index in [-0.39, 0.29) is 49.0 Å². The molecule has 1 aliphatic rings. The summed E-state index contributed by atoms with van der Waals surface area (Å²) < 4.78 is 45.6. The number of carbonyl (C=O) groups is 2. The third kappa shape index (κ3) is 6.52. The van der Waals surface area contributed by atoms with Gasteiger partial charge in [-0.3, -0.25) is 9.59 Å². The summed E-state index contributed by atoms with van der Waals surface area (Å²) in [6.45, 7) is 4.59. The summed E-state index contributed by atoms with van der Waals surface area (Å²) in [7, 11) is -3.78. The van der Waals surface area contributed by atoms with E-state index in [4.69, 9.17) is 4.74 Å². The molecule has 2 aromatic rings. The summed E-state index contributed by atoms with van der Waals surface area (Å²) in [5.74, 6) is -0.523. The molecular formula is C23H28FN3O5S. The molecule has 8 nitrogen and oxygen atoms in total. The first-order chi connectivity index (χ1) is 15.7. The normalized spacial score (nSPS) is 15.2. The first kappa shape index (κ1) is 24.7. The highest BCUT2D eigenvalue weighted by Crippen LogP contribution is 2.18. The maximum Gasteiger partial charge on any atom is 0.251 e. The summed E-state index contributed by atoms with van der Waals surface area (Å²) >= 11 is 0. The molecule has 1 heterocycles. The van der Waals surface area contributed by atoms with Crippen molar-refractivity contribution in [1.29, 1.82) is 0 Å². The minimum Gasteiger partial charge on any atom is -0.491 e. The summed E-state index contributed by atoms with van der Waals surface area (Å²) in [6.07, 6.45) is 0.481. The lowest BCUT2D eigenvalue weighted by Crippen LogP contribution is -2.42. The predicted molar refractivity (Wildman–Crippen MR) is 121 cm³/mol. The Morgan fingerprint density at radius 2 is 1.67 bits per heavy atom. The molecule has 0 spiro atoms. The Morgan fingerprint density at radius 3 is 2.30 bits per heavy atom. The number of hydrogen-bond donors (Lipinski definition) is 1. The van der Waals surface area contributed by atoms with Gasteiger partial charge in [-0.1, -0.05) is 0 Å². The molecule has 33 heavy (non-hydrogen) atoms. The Bertz CT molecular complexity index is 1070. The standard InChI is InChI=1S/C23H28FN3O5S/c1-17(2)32-20-8-4-18(5-9-20)23(29)25-16-22(28)26-12-3-13-27(15-14-26)33(30,31)21-10-6-19(24)7-11-21/h4-11,17H,3,12-16H2,1-2H3,(H,25,29). The van der Waals surface area contributed by atoms with Gasteiger partial charge >= 0.3 is 0 Å². The van der Waals surface area contributed by atoms with Crippen molar-refractivity contribution in [2.24, 2.45) is 0 Å². The van der Waals surface area contributed by atoms with E-state index in [1.807, 2.05) is 13.8 Å². The van der Waals surface area contributed by atoms with Crippen LogP contribution < -0.4 is 10.1 Å². The molecule has 0 bridgehead atoms. The summed E-state index contributed by atoms with van der Waals surface area (Å²) in [5, 5.41) is 2.61. The molecular weight excluding hydrogens is 449 g/mol. The molecule has 0 unspecified atom stereocenters. The number of nitrogens with zero attached hydrogens (tertiary/aromatic N) is 2. The van der Waals surface area contributed by atoms with Crippen molar-refractivity contribution >= 4 is 21.8 Å². The zero-order valence-electron chi connectivity index (χ0n) is 18.7. The first-order valence-electron chi connectivity index (χ1n) is 10.8. The highest BCUT2D eigenvalue weighted by atomic mass is 32.2. The van der Waals surface area contributed by atoms with Crippen molar-refractivity contribution in [3.8, 4) is 5.75 Å². The van der Waals surface area contributed by atoms with E-state index in [1.165, 1.54) is 16.4 Å². The van der Waals surface area contributed by atoms with Gasteiger partial charge in [-0.25, -0.2) is 12.8 Å². The Labute approximate surface area is 193 Å². The van der Waals surface area contributed by atoms with Gasteiger partial charge in [0.1, 0.15) is 11.6 Å². The molecule has 0 radical (unpaired) electrons. The Morgan fingerprint density at radius 1 is 1.00 bits per heavy atom. The van der Waals surface area contributed by atoms with Gasteiger partial charge in [-0.2, -0.15) is 4.31 Å². The minimum absolute atomic E-state index is 0.0146. The van der Waals surface area contributed by atoms with Crippen LogP contribution in [0.3, 0.4) is 0 Å². The van der Waals surface area contributed by atoms with Crippen LogP contribution in [0.2, 0.25) is 0 Å². The fourth-order valence-electron chi connectivity index (χ4n) is 3.47. The van der Waals surface area contributed by atoms with Crippen LogP contribution >= 0.6 is 0 Å². The second-order valence-corrected chi connectivity index (χ2v) is 9.90. The molecule has 2 aromatic carbocycles. The van der Waals surface area contributed by atoms with Crippen molar-refractivity contribution in [2.45, 2.75) is 31.3 Å². The maximum atomic E-state index is 13.1. The molecule has 0 atom stereocenters. The van der Waals surface area contributed by atoms with Crippen molar-refractivity contribution in [1.82, 2.24) is 14.5 Å². The highest BCUT2D eigenvalue weighted by molar-refractivity contribution is 7.89. The molecule has 0 saturated carbocycles. The van der Waals surface area contributed by atoms with E-state index < -0.39 is 15.8 Å². The van der Waals surface area contributed by atoms with Crippen LogP contribution in [0.4, 0.5) is 4.39 Å². The Kier molecular flexibility index (Phi) is 8.04. The monoisotopic (exact) mass is 477 g/mol. The molecule has 1 fully saturated rings.